The van der Waals surface area contributed by atoms with Crippen LogP contribution in [0.5, 0.6) is 0 Å². The molecule has 0 saturated heterocycles. The maximum absolute atomic E-state index is 2.24. The van der Waals surface area contributed by atoms with Crippen molar-refractivity contribution in [3.05, 3.63) is 0 Å². The minimum atomic E-state index is 0. The van der Waals surface area contributed by atoms with E-state index in [0.717, 1.165) is 0 Å². The number of hydrogen-bond acceptors (Lipinski definition) is 0. The Labute approximate surface area is 54.0 Å². The summed E-state index contributed by atoms with van der Waals surface area (Å²) in [6.45, 7) is 4.46. The van der Waals surface area contributed by atoms with Gasteiger partial charge in [-0.25, -0.2) is 0 Å². The lowest BCUT2D eigenvalue weighted by molar-refractivity contribution is 0.777. The Bertz CT molecular complexity index is 27.7. The van der Waals surface area contributed by atoms with Crippen LogP contribution < -0.4 is 0 Å². The quantitative estimate of drug-likeness (QED) is 0.416. The van der Waals surface area contributed by atoms with Crippen LogP contribution in [-0.4, -0.2) is 18.3 Å². The predicted octanol–water partition coefficient (Wildman–Crippen LogP) is 1.93. The van der Waals surface area contributed by atoms with E-state index >= 15 is 0 Å². The van der Waals surface area contributed by atoms with Crippen LogP contribution in [-0.2, 0) is 0 Å². The Hall–Kier alpha value is 0.390. The average Bonchev–Trinajstić information content (AvgIpc) is 1.69. The van der Waals surface area contributed by atoms with Crippen molar-refractivity contribution >= 4 is 8.58 Å². The van der Waals surface area contributed by atoms with Gasteiger partial charge < -0.3 is 5.48 Å². The molecule has 0 unspecified atom stereocenters. The molecular weight excluding hydrogens is 119 g/mol. The van der Waals surface area contributed by atoms with Crippen molar-refractivity contribution in [2.24, 2.45) is 0 Å². The molecule has 2 N–H and O–H groups in total. The molecule has 0 aliphatic rings. The van der Waals surface area contributed by atoms with Crippen LogP contribution in [0.25, 0.3) is 0 Å². The molecule has 0 rings (SSSR count). The van der Waals surface area contributed by atoms with Gasteiger partial charge in [-0.05, 0) is 19.2 Å². The molecule has 2 heteroatoms. The topological polar surface area (TPSA) is 31.5 Å². The molecule has 0 amide bonds. The Kier molecular flexibility index (Phi) is 14.6. The minimum Gasteiger partial charge on any atom is -0.412 e. The van der Waals surface area contributed by atoms with E-state index in [1.807, 2.05) is 0 Å². The second-order valence-corrected chi connectivity index (χ2v) is 2.83. The zero-order valence-electron chi connectivity index (χ0n) is 5.78. The Morgan fingerprint density at radius 1 is 1.25 bits per heavy atom. The summed E-state index contributed by atoms with van der Waals surface area (Å²) in [5, 5.41) is 0. The molecular formula is C6H16OP. The molecule has 1 nitrogen and oxygen atoms in total. The summed E-state index contributed by atoms with van der Waals surface area (Å²) in [6.07, 6.45) is 5.60. The lowest BCUT2D eigenvalue weighted by atomic mass is 10.3. The van der Waals surface area contributed by atoms with Gasteiger partial charge in [-0.15, -0.1) is 0 Å². The van der Waals surface area contributed by atoms with Crippen molar-refractivity contribution < 1.29 is 5.48 Å². The van der Waals surface area contributed by atoms with Gasteiger partial charge in [0.25, 0.3) is 0 Å². The molecule has 1 radical (unpaired) electrons. The summed E-state index contributed by atoms with van der Waals surface area (Å²) in [7, 11) is 1.55. The van der Waals surface area contributed by atoms with Crippen LogP contribution in [0.2, 0.25) is 0 Å². The van der Waals surface area contributed by atoms with E-state index in [9.17, 15) is 0 Å². The summed E-state index contributed by atoms with van der Waals surface area (Å²) < 4.78 is 0. The van der Waals surface area contributed by atoms with Crippen LogP contribution in [0.4, 0.5) is 0 Å². The normalized spacial score (nSPS) is 9.75. The van der Waals surface area contributed by atoms with Gasteiger partial charge in [0.2, 0.25) is 0 Å². The van der Waals surface area contributed by atoms with Crippen molar-refractivity contribution in [1.29, 1.82) is 0 Å². The first-order valence-corrected chi connectivity index (χ1v) is 4.50. The van der Waals surface area contributed by atoms with E-state index in [1.54, 1.807) is 8.58 Å². The van der Waals surface area contributed by atoms with Crippen molar-refractivity contribution in [1.82, 2.24) is 0 Å². The SMILES string of the molecule is CCCCC[P]C.O. The zero-order chi connectivity index (χ0) is 5.54. The molecule has 0 aromatic heterocycles. The average molecular weight is 135 g/mol. The molecule has 0 aliphatic heterocycles. The van der Waals surface area contributed by atoms with Crippen molar-refractivity contribution in [3.8, 4) is 0 Å². The van der Waals surface area contributed by atoms with Gasteiger partial charge in [0.05, 0.1) is 0 Å². The highest BCUT2D eigenvalue weighted by molar-refractivity contribution is 7.36. The molecule has 51 valence electrons. The second kappa shape index (κ2) is 10.4. The van der Waals surface area contributed by atoms with Gasteiger partial charge in [0, 0.05) is 0 Å². The van der Waals surface area contributed by atoms with Crippen LogP contribution in [0, 0.1) is 0 Å². The first kappa shape index (κ1) is 11.2. The van der Waals surface area contributed by atoms with E-state index < -0.39 is 0 Å². The summed E-state index contributed by atoms with van der Waals surface area (Å²) in [6, 6.07) is 0. The van der Waals surface area contributed by atoms with Crippen molar-refractivity contribution in [2.75, 3.05) is 12.8 Å². The molecule has 0 spiro atoms. The predicted molar refractivity (Wildman–Crippen MR) is 40.8 cm³/mol. The van der Waals surface area contributed by atoms with E-state index in [-0.39, 0.29) is 5.48 Å². The summed E-state index contributed by atoms with van der Waals surface area (Å²) in [4.78, 5) is 0. The van der Waals surface area contributed by atoms with E-state index in [0.29, 0.717) is 0 Å². The molecule has 0 aromatic carbocycles. The molecule has 0 atom stereocenters. The minimum absolute atomic E-state index is 0. The van der Waals surface area contributed by atoms with Crippen LogP contribution >= 0.6 is 8.58 Å². The largest absolute Gasteiger partial charge is 0.412 e. The smallest absolute Gasteiger partial charge is 0.0290 e. The van der Waals surface area contributed by atoms with Crippen molar-refractivity contribution in [3.63, 3.8) is 0 Å². The second-order valence-electron chi connectivity index (χ2n) is 1.75. The first-order valence-electron chi connectivity index (χ1n) is 2.97. The third-order valence-corrected chi connectivity index (χ3v) is 1.75. The van der Waals surface area contributed by atoms with Crippen LogP contribution in [0.1, 0.15) is 26.2 Å². The Morgan fingerprint density at radius 3 is 2.25 bits per heavy atom. The lowest BCUT2D eigenvalue weighted by Gasteiger charge is -1.90. The van der Waals surface area contributed by atoms with Gasteiger partial charge in [0.1, 0.15) is 0 Å². The highest BCUT2D eigenvalue weighted by Gasteiger charge is 1.80. The van der Waals surface area contributed by atoms with Crippen molar-refractivity contribution in [2.45, 2.75) is 26.2 Å². The maximum Gasteiger partial charge on any atom is -0.0290 e. The number of rotatable bonds is 4. The van der Waals surface area contributed by atoms with Crippen LogP contribution in [0.3, 0.4) is 0 Å². The highest BCUT2D eigenvalue weighted by Crippen LogP contribution is 2.06. The molecule has 8 heavy (non-hydrogen) atoms. The Morgan fingerprint density at radius 2 is 1.88 bits per heavy atom. The molecule has 0 fully saturated rings. The van der Waals surface area contributed by atoms with E-state index in [1.165, 1.54) is 25.4 Å². The fourth-order valence-electron chi connectivity index (χ4n) is 0.520. The van der Waals surface area contributed by atoms with Crippen LogP contribution in [0.15, 0.2) is 0 Å². The third-order valence-electron chi connectivity index (χ3n) is 0.985. The maximum atomic E-state index is 2.24. The third kappa shape index (κ3) is 9.63. The fraction of sp³-hybridized carbons (Fsp3) is 1.00. The lowest BCUT2D eigenvalue weighted by Crippen LogP contribution is -1.73. The summed E-state index contributed by atoms with van der Waals surface area (Å²) >= 11 is 0. The Balaban J connectivity index is 0. The summed E-state index contributed by atoms with van der Waals surface area (Å²) in [5.41, 5.74) is 0. The van der Waals surface area contributed by atoms with E-state index in [2.05, 4.69) is 13.6 Å². The van der Waals surface area contributed by atoms with Gasteiger partial charge >= 0.3 is 0 Å². The van der Waals surface area contributed by atoms with Gasteiger partial charge in [-0.2, -0.15) is 0 Å². The standard InChI is InChI=1S/C6H14P.H2O/c1-3-4-5-6-7-2;/h3-6H2,1-2H3;1H2. The highest BCUT2D eigenvalue weighted by atomic mass is 31.1. The monoisotopic (exact) mass is 135 g/mol. The number of hydrogen-bond donors (Lipinski definition) is 0. The molecule has 0 heterocycles. The van der Waals surface area contributed by atoms with E-state index in [4.69, 9.17) is 0 Å². The zero-order valence-corrected chi connectivity index (χ0v) is 6.67. The number of unbranched alkanes of at least 4 members (excludes halogenated alkanes) is 2. The van der Waals surface area contributed by atoms with Gasteiger partial charge in [-0.1, -0.05) is 28.3 Å². The summed E-state index contributed by atoms with van der Waals surface area (Å²) in [5.74, 6) is 0. The molecule has 0 aromatic rings. The molecule has 0 bridgehead atoms. The first-order chi connectivity index (χ1) is 3.41. The van der Waals surface area contributed by atoms with Gasteiger partial charge in [0.15, 0.2) is 0 Å². The fourth-order valence-corrected chi connectivity index (χ4v) is 1.06. The van der Waals surface area contributed by atoms with Gasteiger partial charge in [-0.3, -0.25) is 0 Å². The molecule has 0 saturated carbocycles. The molecule has 0 aliphatic carbocycles.